The molecule has 1 aliphatic rings. The SMILES string of the molecule is COc1ccc(CCC2(C(OC)OC)NC(=O)NC2=O)cc1. The molecule has 1 heterocycles. The van der Waals surface area contributed by atoms with Crippen LogP contribution in [0.15, 0.2) is 24.3 Å². The third-order valence-electron chi connectivity index (χ3n) is 3.77. The molecule has 0 aliphatic carbocycles. The van der Waals surface area contributed by atoms with Gasteiger partial charge in [0.15, 0.2) is 11.8 Å². The summed E-state index contributed by atoms with van der Waals surface area (Å²) in [6, 6.07) is 6.98. The van der Waals surface area contributed by atoms with Crippen molar-refractivity contribution < 1.29 is 23.8 Å². The zero-order valence-corrected chi connectivity index (χ0v) is 12.8. The van der Waals surface area contributed by atoms with Gasteiger partial charge < -0.3 is 19.5 Å². The Hall–Kier alpha value is -2.12. The monoisotopic (exact) mass is 308 g/mol. The van der Waals surface area contributed by atoms with Crippen LogP contribution in [0.5, 0.6) is 5.75 Å². The van der Waals surface area contributed by atoms with Crippen LogP contribution in [0.2, 0.25) is 0 Å². The maximum Gasteiger partial charge on any atom is 0.322 e. The van der Waals surface area contributed by atoms with Gasteiger partial charge in [0.05, 0.1) is 7.11 Å². The normalized spacial score (nSPS) is 20.9. The molecule has 0 saturated carbocycles. The number of hydrogen-bond acceptors (Lipinski definition) is 5. The number of ether oxygens (including phenoxy) is 3. The lowest BCUT2D eigenvalue weighted by Crippen LogP contribution is -2.58. The average Bonchev–Trinajstić information content (AvgIpc) is 2.82. The number of hydrogen-bond donors (Lipinski definition) is 2. The van der Waals surface area contributed by atoms with Crippen molar-refractivity contribution >= 4 is 11.9 Å². The van der Waals surface area contributed by atoms with Gasteiger partial charge in [-0.15, -0.1) is 0 Å². The maximum atomic E-state index is 12.2. The van der Waals surface area contributed by atoms with E-state index in [-0.39, 0.29) is 0 Å². The molecule has 0 aromatic heterocycles. The number of carbonyl (C=O) groups is 2. The Balaban J connectivity index is 2.16. The maximum absolute atomic E-state index is 12.2. The predicted molar refractivity (Wildman–Crippen MR) is 78.5 cm³/mol. The second kappa shape index (κ2) is 6.76. The molecule has 1 aromatic carbocycles. The van der Waals surface area contributed by atoms with Crippen LogP contribution in [0.4, 0.5) is 4.79 Å². The van der Waals surface area contributed by atoms with Gasteiger partial charge in [-0.1, -0.05) is 12.1 Å². The highest BCUT2D eigenvalue weighted by atomic mass is 16.7. The molecule has 0 radical (unpaired) electrons. The Kier molecular flexibility index (Phi) is 4.99. The van der Waals surface area contributed by atoms with E-state index >= 15 is 0 Å². The molecule has 1 fully saturated rings. The van der Waals surface area contributed by atoms with Crippen LogP contribution < -0.4 is 15.4 Å². The highest BCUT2D eigenvalue weighted by Gasteiger charge is 2.52. The van der Waals surface area contributed by atoms with Gasteiger partial charge in [0, 0.05) is 14.2 Å². The zero-order chi connectivity index (χ0) is 16.2. The van der Waals surface area contributed by atoms with E-state index in [0.29, 0.717) is 12.8 Å². The van der Waals surface area contributed by atoms with Crippen molar-refractivity contribution in [2.24, 2.45) is 0 Å². The van der Waals surface area contributed by atoms with Gasteiger partial charge in [-0.2, -0.15) is 0 Å². The van der Waals surface area contributed by atoms with Gasteiger partial charge in [-0.25, -0.2) is 4.79 Å². The Morgan fingerprint density at radius 1 is 1.09 bits per heavy atom. The molecular weight excluding hydrogens is 288 g/mol. The summed E-state index contributed by atoms with van der Waals surface area (Å²) in [5.41, 5.74) is -0.222. The first-order chi connectivity index (χ1) is 10.6. The lowest BCUT2D eigenvalue weighted by Gasteiger charge is -2.32. The molecule has 1 saturated heterocycles. The fourth-order valence-electron chi connectivity index (χ4n) is 2.60. The summed E-state index contributed by atoms with van der Waals surface area (Å²) in [4.78, 5) is 23.7. The summed E-state index contributed by atoms with van der Waals surface area (Å²) < 4.78 is 15.5. The van der Waals surface area contributed by atoms with Crippen LogP contribution >= 0.6 is 0 Å². The second-order valence-electron chi connectivity index (χ2n) is 5.03. The Labute approximate surface area is 128 Å². The van der Waals surface area contributed by atoms with Crippen molar-refractivity contribution in [1.29, 1.82) is 0 Å². The van der Waals surface area contributed by atoms with E-state index in [4.69, 9.17) is 14.2 Å². The minimum Gasteiger partial charge on any atom is -0.497 e. The summed E-state index contributed by atoms with van der Waals surface area (Å²) >= 11 is 0. The number of benzene rings is 1. The van der Waals surface area contributed by atoms with Crippen LogP contribution in [-0.2, 0) is 20.7 Å². The Bertz CT molecular complexity index is 541. The molecule has 0 bridgehead atoms. The van der Waals surface area contributed by atoms with Gasteiger partial charge in [0.1, 0.15) is 5.75 Å². The number of imide groups is 1. The molecule has 1 aromatic rings. The van der Waals surface area contributed by atoms with Crippen molar-refractivity contribution in [2.45, 2.75) is 24.7 Å². The van der Waals surface area contributed by atoms with E-state index in [2.05, 4.69) is 10.6 Å². The minimum atomic E-state index is -1.24. The summed E-state index contributed by atoms with van der Waals surface area (Å²) in [6.07, 6.45) is 0.0571. The van der Waals surface area contributed by atoms with Crippen LogP contribution in [0.25, 0.3) is 0 Å². The van der Waals surface area contributed by atoms with E-state index < -0.39 is 23.8 Å². The lowest BCUT2D eigenvalue weighted by molar-refractivity contribution is -0.165. The molecule has 7 heteroatoms. The number of urea groups is 1. The fraction of sp³-hybridized carbons (Fsp3) is 0.467. The van der Waals surface area contributed by atoms with E-state index in [1.807, 2.05) is 24.3 Å². The van der Waals surface area contributed by atoms with Crippen molar-refractivity contribution in [1.82, 2.24) is 10.6 Å². The van der Waals surface area contributed by atoms with Gasteiger partial charge >= 0.3 is 6.03 Å². The van der Waals surface area contributed by atoms with E-state index in [9.17, 15) is 9.59 Å². The fourth-order valence-corrected chi connectivity index (χ4v) is 2.60. The van der Waals surface area contributed by atoms with E-state index in [1.165, 1.54) is 14.2 Å². The Morgan fingerprint density at radius 3 is 2.18 bits per heavy atom. The van der Waals surface area contributed by atoms with Crippen LogP contribution in [0.3, 0.4) is 0 Å². The predicted octanol–water partition coefficient (Wildman–Crippen LogP) is 0.825. The van der Waals surface area contributed by atoms with Crippen molar-refractivity contribution in [2.75, 3.05) is 21.3 Å². The number of rotatable bonds is 7. The highest BCUT2D eigenvalue weighted by molar-refractivity contribution is 6.07. The number of aryl methyl sites for hydroxylation is 1. The molecule has 1 atom stereocenters. The molecule has 120 valence electrons. The Morgan fingerprint density at radius 2 is 1.73 bits per heavy atom. The number of amides is 3. The average molecular weight is 308 g/mol. The first-order valence-electron chi connectivity index (χ1n) is 6.88. The van der Waals surface area contributed by atoms with E-state index in [1.54, 1.807) is 7.11 Å². The number of nitrogens with one attached hydrogen (secondary N) is 2. The smallest absolute Gasteiger partial charge is 0.322 e. The van der Waals surface area contributed by atoms with Gasteiger partial charge in [-0.3, -0.25) is 10.1 Å². The largest absolute Gasteiger partial charge is 0.497 e. The number of methoxy groups -OCH3 is 3. The molecule has 2 rings (SSSR count). The van der Waals surface area contributed by atoms with Crippen LogP contribution in [0, 0.1) is 0 Å². The molecule has 3 amide bonds. The molecule has 0 spiro atoms. The summed E-state index contributed by atoms with van der Waals surface area (Å²) in [7, 11) is 4.46. The van der Waals surface area contributed by atoms with Crippen molar-refractivity contribution in [3.8, 4) is 5.75 Å². The molecule has 1 unspecified atom stereocenters. The van der Waals surface area contributed by atoms with Crippen molar-refractivity contribution in [3.63, 3.8) is 0 Å². The van der Waals surface area contributed by atoms with Gasteiger partial charge in [-0.05, 0) is 30.5 Å². The van der Waals surface area contributed by atoms with E-state index in [0.717, 1.165) is 11.3 Å². The van der Waals surface area contributed by atoms with Gasteiger partial charge in [0.2, 0.25) is 0 Å². The summed E-state index contributed by atoms with van der Waals surface area (Å²) in [5, 5.41) is 4.88. The first-order valence-corrected chi connectivity index (χ1v) is 6.88. The molecule has 1 aliphatic heterocycles. The minimum absolute atomic E-state index is 0.350. The summed E-state index contributed by atoms with van der Waals surface area (Å²) in [6.45, 7) is 0. The summed E-state index contributed by atoms with van der Waals surface area (Å²) in [5.74, 6) is 0.316. The first kappa shape index (κ1) is 16.3. The quantitative estimate of drug-likeness (QED) is 0.575. The van der Waals surface area contributed by atoms with Crippen molar-refractivity contribution in [3.05, 3.63) is 29.8 Å². The third kappa shape index (κ3) is 3.05. The molecular formula is C15H20N2O5. The van der Waals surface area contributed by atoms with Crippen LogP contribution in [-0.4, -0.2) is 45.1 Å². The van der Waals surface area contributed by atoms with Gasteiger partial charge in [0.25, 0.3) is 5.91 Å². The number of carbonyl (C=O) groups excluding carboxylic acids is 2. The standard InChI is InChI=1S/C15H20N2O5/c1-20-11-6-4-10(5-7-11)8-9-15(13(21-2)22-3)12(18)16-14(19)17-15/h4-7,13H,8-9H2,1-3H3,(H2,16,17,18,19). The highest BCUT2D eigenvalue weighted by Crippen LogP contribution is 2.25. The third-order valence-corrected chi connectivity index (χ3v) is 3.77. The van der Waals surface area contributed by atoms with Crippen LogP contribution in [0.1, 0.15) is 12.0 Å². The molecule has 2 N–H and O–H groups in total. The molecule has 7 nitrogen and oxygen atoms in total. The zero-order valence-electron chi connectivity index (χ0n) is 12.8. The molecule has 22 heavy (non-hydrogen) atoms. The topological polar surface area (TPSA) is 85.9 Å². The lowest BCUT2D eigenvalue weighted by atomic mass is 9.90. The second-order valence-corrected chi connectivity index (χ2v) is 5.03.